The topological polar surface area (TPSA) is 75.2 Å². The first-order valence-corrected chi connectivity index (χ1v) is 10.6. The maximum Gasteiger partial charge on any atom is 0.229 e. The summed E-state index contributed by atoms with van der Waals surface area (Å²) in [7, 11) is 0. The molecule has 1 aliphatic heterocycles. The molecule has 29 heavy (non-hydrogen) atoms. The van der Waals surface area contributed by atoms with Crippen molar-refractivity contribution in [1.29, 1.82) is 0 Å². The molecule has 0 spiro atoms. The van der Waals surface area contributed by atoms with Crippen molar-refractivity contribution in [2.45, 2.75) is 22.6 Å². The second-order valence-corrected chi connectivity index (χ2v) is 8.77. The third kappa shape index (κ3) is 4.30. The average Bonchev–Trinajstić information content (AvgIpc) is 3.33. The zero-order chi connectivity index (χ0) is 20.4. The second kappa shape index (κ2) is 8.30. The van der Waals surface area contributed by atoms with Gasteiger partial charge in [0, 0.05) is 17.9 Å². The summed E-state index contributed by atoms with van der Waals surface area (Å²) in [5.41, 5.74) is 3.27. The van der Waals surface area contributed by atoms with Crippen LogP contribution in [0.5, 0.6) is 0 Å². The van der Waals surface area contributed by atoms with Crippen LogP contribution in [0.4, 0.5) is 15.8 Å². The van der Waals surface area contributed by atoms with Crippen LogP contribution in [-0.2, 0) is 9.59 Å². The molecule has 148 valence electrons. The quantitative estimate of drug-likeness (QED) is 0.661. The second-order valence-electron chi connectivity index (χ2n) is 6.65. The van der Waals surface area contributed by atoms with Gasteiger partial charge in [-0.2, -0.15) is 0 Å². The Hall–Kier alpha value is -2.78. The minimum atomic E-state index is -0.553. The van der Waals surface area contributed by atoms with Crippen LogP contribution in [0, 0.1) is 18.7 Å². The molecule has 2 amide bonds. The fourth-order valence-corrected chi connectivity index (χ4v) is 4.66. The van der Waals surface area contributed by atoms with Crippen molar-refractivity contribution >= 4 is 46.3 Å². The molecule has 1 saturated heterocycles. The number of hydrogen-bond donors (Lipinski definition) is 1. The molecular weight excluding hydrogens is 411 g/mol. The molecule has 4 rings (SSSR count). The highest BCUT2D eigenvalue weighted by Gasteiger charge is 2.36. The van der Waals surface area contributed by atoms with E-state index >= 15 is 0 Å². The Morgan fingerprint density at radius 1 is 1.31 bits per heavy atom. The Morgan fingerprint density at radius 3 is 2.90 bits per heavy atom. The van der Waals surface area contributed by atoms with E-state index in [1.165, 1.54) is 34.1 Å². The van der Waals surface area contributed by atoms with Gasteiger partial charge in [-0.1, -0.05) is 41.3 Å². The van der Waals surface area contributed by atoms with Gasteiger partial charge in [0.15, 0.2) is 4.34 Å². The smallest absolute Gasteiger partial charge is 0.229 e. The van der Waals surface area contributed by atoms with Gasteiger partial charge < -0.3 is 10.2 Å². The number of hydrogen-bond acceptors (Lipinski definition) is 6. The number of anilines is 2. The minimum absolute atomic E-state index is 0.0465. The number of carbonyl (C=O) groups is 2. The van der Waals surface area contributed by atoms with E-state index < -0.39 is 11.7 Å². The number of carbonyl (C=O) groups excluding carboxylic acids is 2. The highest BCUT2D eigenvalue weighted by Crippen LogP contribution is 2.35. The number of para-hydroxylation sites is 1. The first-order chi connectivity index (χ1) is 14.0. The van der Waals surface area contributed by atoms with Crippen LogP contribution in [0.15, 0.2) is 57.2 Å². The van der Waals surface area contributed by atoms with Crippen molar-refractivity contribution < 1.29 is 14.0 Å². The molecule has 2 aromatic carbocycles. The average molecular weight is 429 g/mol. The molecular formula is C20H17FN4O2S2. The fraction of sp³-hybridized carbons (Fsp3) is 0.200. The van der Waals surface area contributed by atoms with Gasteiger partial charge in [0.2, 0.25) is 11.8 Å². The lowest BCUT2D eigenvalue weighted by Gasteiger charge is -2.18. The molecule has 1 N–H and O–H groups in total. The molecule has 1 atom stereocenters. The Kier molecular flexibility index (Phi) is 5.59. The lowest BCUT2D eigenvalue weighted by Crippen LogP contribution is -2.28. The molecule has 1 aliphatic rings. The van der Waals surface area contributed by atoms with Crippen LogP contribution >= 0.6 is 23.1 Å². The summed E-state index contributed by atoms with van der Waals surface area (Å²) in [6.45, 7) is 1.93. The van der Waals surface area contributed by atoms with Crippen LogP contribution in [-0.4, -0.2) is 28.6 Å². The van der Waals surface area contributed by atoms with E-state index in [-0.39, 0.29) is 30.5 Å². The number of nitrogens with one attached hydrogen (secondary N) is 1. The highest BCUT2D eigenvalue weighted by atomic mass is 32.2. The van der Waals surface area contributed by atoms with Crippen molar-refractivity contribution in [1.82, 2.24) is 10.2 Å². The third-order valence-corrected chi connectivity index (χ3v) is 6.43. The van der Waals surface area contributed by atoms with E-state index in [9.17, 15) is 14.0 Å². The summed E-state index contributed by atoms with van der Waals surface area (Å²) in [4.78, 5) is 27.4. The summed E-state index contributed by atoms with van der Waals surface area (Å²) < 4.78 is 15.0. The van der Waals surface area contributed by atoms with Crippen molar-refractivity contribution in [2.75, 3.05) is 16.8 Å². The Balaban J connectivity index is 1.48. The number of aromatic nitrogens is 2. The predicted molar refractivity (Wildman–Crippen MR) is 111 cm³/mol. The molecule has 3 aromatic rings. The molecule has 9 heteroatoms. The maximum absolute atomic E-state index is 14.3. The SMILES string of the molecule is Cc1ccc(N2C[C@H](C(=O)Nc3ccccc3Sc3nncs3)CC2=O)c(F)c1. The first-order valence-electron chi connectivity index (χ1n) is 8.91. The molecule has 0 aliphatic carbocycles. The number of benzene rings is 2. The fourth-order valence-electron chi connectivity index (χ4n) is 3.14. The molecule has 0 unspecified atom stereocenters. The molecule has 1 fully saturated rings. The largest absolute Gasteiger partial charge is 0.325 e. The lowest BCUT2D eigenvalue weighted by atomic mass is 10.1. The van der Waals surface area contributed by atoms with Crippen LogP contribution in [0.3, 0.4) is 0 Å². The molecule has 6 nitrogen and oxygen atoms in total. The predicted octanol–water partition coefficient (Wildman–Crippen LogP) is 4.13. The van der Waals surface area contributed by atoms with Gasteiger partial charge in [0.05, 0.1) is 17.3 Å². The van der Waals surface area contributed by atoms with Gasteiger partial charge in [-0.15, -0.1) is 10.2 Å². The monoisotopic (exact) mass is 428 g/mol. The van der Waals surface area contributed by atoms with Gasteiger partial charge in [-0.05, 0) is 36.8 Å². The Bertz CT molecular complexity index is 1060. The molecule has 0 bridgehead atoms. The van der Waals surface area contributed by atoms with E-state index in [1.807, 2.05) is 18.2 Å². The summed E-state index contributed by atoms with van der Waals surface area (Å²) in [6, 6.07) is 12.1. The van der Waals surface area contributed by atoms with Crippen molar-refractivity contribution in [3.63, 3.8) is 0 Å². The van der Waals surface area contributed by atoms with Crippen molar-refractivity contribution in [2.24, 2.45) is 5.92 Å². The summed E-state index contributed by atoms with van der Waals surface area (Å²) in [5, 5.41) is 10.7. The van der Waals surface area contributed by atoms with Crippen LogP contribution in [0.25, 0.3) is 0 Å². The standard InChI is InChI=1S/C20H17FN4O2S2/c1-12-6-7-16(14(21)8-12)25-10-13(9-18(25)26)19(27)23-15-4-2-3-5-17(15)29-20-24-22-11-28-20/h2-8,11,13H,9-10H2,1H3,(H,23,27)/t13-/m1/s1. The highest BCUT2D eigenvalue weighted by molar-refractivity contribution is 8.01. The zero-order valence-corrected chi connectivity index (χ0v) is 17.1. The maximum atomic E-state index is 14.3. The molecule has 2 heterocycles. The normalized spacial score (nSPS) is 16.3. The number of halogens is 1. The van der Waals surface area contributed by atoms with E-state index in [2.05, 4.69) is 15.5 Å². The van der Waals surface area contributed by atoms with Crippen LogP contribution in [0.2, 0.25) is 0 Å². The first kappa shape index (κ1) is 19.5. The summed E-state index contributed by atoms with van der Waals surface area (Å²) in [5.74, 6) is -1.54. The number of nitrogens with zero attached hydrogens (tertiary/aromatic N) is 3. The van der Waals surface area contributed by atoms with Crippen molar-refractivity contribution in [3.05, 3.63) is 59.4 Å². The molecule has 0 saturated carbocycles. The lowest BCUT2D eigenvalue weighted by molar-refractivity contribution is -0.122. The number of rotatable bonds is 5. The van der Waals surface area contributed by atoms with E-state index in [1.54, 1.807) is 30.6 Å². The zero-order valence-electron chi connectivity index (χ0n) is 15.5. The van der Waals surface area contributed by atoms with Crippen LogP contribution < -0.4 is 10.2 Å². The van der Waals surface area contributed by atoms with E-state index in [0.29, 0.717) is 5.69 Å². The van der Waals surface area contributed by atoms with Gasteiger partial charge >= 0.3 is 0 Å². The Labute approximate surface area is 175 Å². The Morgan fingerprint density at radius 2 is 2.14 bits per heavy atom. The molecule has 1 aromatic heterocycles. The van der Waals surface area contributed by atoms with Crippen LogP contribution in [0.1, 0.15) is 12.0 Å². The number of amides is 2. The van der Waals surface area contributed by atoms with Gasteiger partial charge in [-0.3, -0.25) is 9.59 Å². The third-order valence-electron chi connectivity index (χ3n) is 4.57. The molecule has 0 radical (unpaired) electrons. The summed E-state index contributed by atoms with van der Waals surface area (Å²) in [6.07, 6.45) is 0.0465. The van der Waals surface area contributed by atoms with E-state index in [0.717, 1.165) is 14.8 Å². The van der Waals surface area contributed by atoms with Gasteiger partial charge in [0.1, 0.15) is 11.3 Å². The van der Waals surface area contributed by atoms with Gasteiger partial charge in [-0.25, -0.2) is 4.39 Å². The number of aryl methyl sites for hydroxylation is 1. The minimum Gasteiger partial charge on any atom is -0.325 e. The van der Waals surface area contributed by atoms with E-state index in [4.69, 9.17) is 0 Å². The van der Waals surface area contributed by atoms with Gasteiger partial charge in [0.25, 0.3) is 0 Å². The summed E-state index contributed by atoms with van der Waals surface area (Å²) >= 11 is 2.82. The van der Waals surface area contributed by atoms with Crippen molar-refractivity contribution in [3.8, 4) is 0 Å².